The molecule has 2 atom stereocenters. The monoisotopic (exact) mass is 312 g/mol. The molecule has 2 aromatic rings. The number of nitrogens with two attached hydrogens (primary N) is 1. The van der Waals surface area contributed by atoms with Crippen molar-refractivity contribution >= 4 is 11.6 Å². The van der Waals surface area contributed by atoms with Crippen LogP contribution >= 0.6 is 0 Å². The fourth-order valence-electron chi connectivity index (χ4n) is 3.26. The van der Waals surface area contributed by atoms with E-state index in [0.29, 0.717) is 18.0 Å². The van der Waals surface area contributed by atoms with E-state index in [1.165, 1.54) is 12.1 Å². The third-order valence-electron chi connectivity index (χ3n) is 4.40. The zero-order valence-corrected chi connectivity index (χ0v) is 13.2. The molecule has 1 aliphatic rings. The van der Waals surface area contributed by atoms with Gasteiger partial charge in [-0.3, -0.25) is 4.79 Å². The van der Waals surface area contributed by atoms with E-state index in [1.54, 1.807) is 18.2 Å². The standard InChI is InChI=1S/C19H21FN2O/c1-13-9-18(15-3-2-4-16(20)11-15)22(12-13)19(23)10-14-5-7-17(21)8-6-14/h2-8,11,13,18H,9-10,12,21H2,1H3/t13-,18-/m1/s1. The third kappa shape index (κ3) is 3.52. The number of carbonyl (C=O) groups excluding carboxylic acids is 1. The minimum atomic E-state index is -0.256. The number of hydrogen-bond acceptors (Lipinski definition) is 2. The van der Waals surface area contributed by atoms with Gasteiger partial charge in [0.2, 0.25) is 5.91 Å². The number of nitrogens with zero attached hydrogens (tertiary/aromatic N) is 1. The van der Waals surface area contributed by atoms with Gasteiger partial charge >= 0.3 is 0 Å². The van der Waals surface area contributed by atoms with Crippen LogP contribution in [0, 0.1) is 11.7 Å². The summed E-state index contributed by atoms with van der Waals surface area (Å²) < 4.78 is 13.5. The minimum Gasteiger partial charge on any atom is -0.399 e. The molecule has 120 valence electrons. The molecule has 1 aliphatic heterocycles. The number of nitrogen functional groups attached to an aromatic ring is 1. The smallest absolute Gasteiger partial charge is 0.227 e. The molecule has 3 rings (SSSR count). The van der Waals surface area contributed by atoms with Crippen LogP contribution in [0.3, 0.4) is 0 Å². The highest BCUT2D eigenvalue weighted by Gasteiger charge is 2.34. The number of carbonyl (C=O) groups is 1. The first-order valence-electron chi connectivity index (χ1n) is 7.92. The number of rotatable bonds is 3. The largest absolute Gasteiger partial charge is 0.399 e. The maximum Gasteiger partial charge on any atom is 0.227 e. The number of anilines is 1. The molecule has 2 aromatic carbocycles. The van der Waals surface area contributed by atoms with Crippen LogP contribution in [0.5, 0.6) is 0 Å². The molecular formula is C19H21FN2O. The van der Waals surface area contributed by atoms with Gasteiger partial charge in [0.15, 0.2) is 0 Å². The van der Waals surface area contributed by atoms with Crippen molar-refractivity contribution in [2.45, 2.75) is 25.8 Å². The van der Waals surface area contributed by atoms with Crippen molar-refractivity contribution in [2.75, 3.05) is 12.3 Å². The van der Waals surface area contributed by atoms with E-state index in [9.17, 15) is 9.18 Å². The Morgan fingerprint density at radius 1 is 1.26 bits per heavy atom. The quantitative estimate of drug-likeness (QED) is 0.881. The van der Waals surface area contributed by atoms with Crippen molar-refractivity contribution < 1.29 is 9.18 Å². The summed E-state index contributed by atoms with van der Waals surface area (Å²) in [6.45, 7) is 2.85. The normalized spacial score (nSPS) is 20.7. The van der Waals surface area contributed by atoms with Gasteiger partial charge < -0.3 is 10.6 Å². The molecular weight excluding hydrogens is 291 g/mol. The lowest BCUT2D eigenvalue weighted by Crippen LogP contribution is -2.32. The highest BCUT2D eigenvalue weighted by molar-refractivity contribution is 5.79. The summed E-state index contributed by atoms with van der Waals surface area (Å²) in [6.07, 6.45) is 1.22. The van der Waals surface area contributed by atoms with E-state index >= 15 is 0 Å². The van der Waals surface area contributed by atoms with E-state index in [2.05, 4.69) is 6.92 Å². The highest BCUT2D eigenvalue weighted by Crippen LogP contribution is 2.35. The van der Waals surface area contributed by atoms with Gasteiger partial charge in [-0.05, 0) is 47.7 Å². The Morgan fingerprint density at radius 2 is 2.00 bits per heavy atom. The predicted octanol–water partition coefficient (Wildman–Crippen LogP) is 3.56. The van der Waals surface area contributed by atoms with Crippen molar-refractivity contribution in [1.29, 1.82) is 0 Å². The second-order valence-corrected chi connectivity index (χ2v) is 6.38. The third-order valence-corrected chi connectivity index (χ3v) is 4.40. The molecule has 2 N–H and O–H groups in total. The van der Waals surface area contributed by atoms with Crippen LogP contribution in [0.15, 0.2) is 48.5 Å². The lowest BCUT2D eigenvalue weighted by molar-refractivity contribution is -0.131. The van der Waals surface area contributed by atoms with Crippen LogP contribution in [0.1, 0.15) is 30.5 Å². The number of hydrogen-bond donors (Lipinski definition) is 1. The Labute approximate surface area is 135 Å². The van der Waals surface area contributed by atoms with Crippen LogP contribution in [0.25, 0.3) is 0 Å². The molecule has 4 heteroatoms. The predicted molar refractivity (Wildman–Crippen MR) is 89.2 cm³/mol. The van der Waals surface area contributed by atoms with E-state index in [-0.39, 0.29) is 17.8 Å². The van der Waals surface area contributed by atoms with Gasteiger partial charge in [-0.15, -0.1) is 0 Å². The van der Waals surface area contributed by atoms with Crippen molar-refractivity contribution in [1.82, 2.24) is 4.90 Å². The van der Waals surface area contributed by atoms with Crippen molar-refractivity contribution in [3.05, 3.63) is 65.5 Å². The molecule has 0 bridgehead atoms. The number of amides is 1. The zero-order valence-electron chi connectivity index (χ0n) is 13.2. The van der Waals surface area contributed by atoms with Gasteiger partial charge in [-0.2, -0.15) is 0 Å². The molecule has 0 aromatic heterocycles. The van der Waals surface area contributed by atoms with Crippen molar-refractivity contribution in [3.8, 4) is 0 Å². The van der Waals surface area contributed by atoms with Gasteiger partial charge in [-0.25, -0.2) is 4.39 Å². The SMILES string of the molecule is C[C@@H]1C[C@H](c2cccc(F)c2)N(C(=O)Cc2ccc(N)cc2)C1. The molecule has 0 saturated carbocycles. The Hall–Kier alpha value is -2.36. The average molecular weight is 312 g/mol. The summed E-state index contributed by atoms with van der Waals surface area (Å²) in [5.41, 5.74) is 8.19. The average Bonchev–Trinajstić information content (AvgIpc) is 2.92. The molecule has 23 heavy (non-hydrogen) atoms. The van der Waals surface area contributed by atoms with Crippen LogP contribution in [0.2, 0.25) is 0 Å². The van der Waals surface area contributed by atoms with Gasteiger partial charge in [0.1, 0.15) is 5.82 Å². The number of likely N-dealkylation sites (tertiary alicyclic amines) is 1. The molecule has 0 aliphatic carbocycles. The summed E-state index contributed by atoms with van der Waals surface area (Å²) in [5.74, 6) is 0.236. The molecule has 0 unspecified atom stereocenters. The molecule has 1 heterocycles. The first-order chi connectivity index (χ1) is 11.0. The van der Waals surface area contributed by atoms with E-state index in [0.717, 1.165) is 24.1 Å². The summed E-state index contributed by atoms with van der Waals surface area (Å²) in [6, 6.07) is 13.9. The molecule has 1 fully saturated rings. The minimum absolute atomic E-state index is 0.0398. The first-order valence-corrected chi connectivity index (χ1v) is 7.92. The second kappa shape index (κ2) is 6.41. The lowest BCUT2D eigenvalue weighted by Gasteiger charge is -2.25. The molecule has 1 amide bonds. The van der Waals surface area contributed by atoms with Crippen molar-refractivity contribution in [3.63, 3.8) is 0 Å². The van der Waals surface area contributed by atoms with E-state index in [4.69, 9.17) is 5.73 Å². The molecule has 0 spiro atoms. The Balaban J connectivity index is 1.78. The summed E-state index contributed by atoms with van der Waals surface area (Å²) in [4.78, 5) is 14.6. The van der Waals surface area contributed by atoms with Crippen molar-refractivity contribution in [2.24, 2.45) is 5.92 Å². The fraction of sp³-hybridized carbons (Fsp3) is 0.316. The summed E-state index contributed by atoms with van der Waals surface area (Å²) in [7, 11) is 0. The molecule has 0 radical (unpaired) electrons. The zero-order chi connectivity index (χ0) is 16.4. The first kappa shape index (κ1) is 15.5. The van der Waals surface area contributed by atoms with Crippen LogP contribution in [0.4, 0.5) is 10.1 Å². The Kier molecular flexibility index (Phi) is 4.33. The van der Waals surface area contributed by atoms with E-state index < -0.39 is 0 Å². The Morgan fingerprint density at radius 3 is 2.70 bits per heavy atom. The van der Waals surface area contributed by atoms with Crippen LogP contribution in [-0.2, 0) is 11.2 Å². The van der Waals surface area contributed by atoms with Gasteiger partial charge in [0.25, 0.3) is 0 Å². The topological polar surface area (TPSA) is 46.3 Å². The molecule has 1 saturated heterocycles. The lowest BCUT2D eigenvalue weighted by atomic mass is 10.0. The number of halogens is 1. The summed E-state index contributed by atoms with van der Waals surface area (Å²) in [5, 5.41) is 0. The van der Waals surface area contributed by atoms with Crippen LogP contribution < -0.4 is 5.73 Å². The summed E-state index contributed by atoms with van der Waals surface area (Å²) >= 11 is 0. The van der Waals surface area contributed by atoms with Gasteiger partial charge in [0, 0.05) is 12.2 Å². The molecule has 3 nitrogen and oxygen atoms in total. The maximum absolute atomic E-state index is 13.5. The van der Waals surface area contributed by atoms with Gasteiger partial charge in [0.05, 0.1) is 12.5 Å². The maximum atomic E-state index is 13.5. The van der Waals surface area contributed by atoms with Crippen LogP contribution in [-0.4, -0.2) is 17.4 Å². The highest BCUT2D eigenvalue weighted by atomic mass is 19.1. The Bertz CT molecular complexity index is 699. The number of benzene rings is 2. The van der Waals surface area contributed by atoms with Gasteiger partial charge in [-0.1, -0.05) is 31.2 Å². The second-order valence-electron chi connectivity index (χ2n) is 6.38. The van der Waals surface area contributed by atoms with E-state index in [1.807, 2.05) is 23.1 Å². The fourth-order valence-corrected chi connectivity index (χ4v) is 3.26.